The van der Waals surface area contributed by atoms with Gasteiger partial charge in [-0.2, -0.15) is 0 Å². The van der Waals surface area contributed by atoms with Crippen LogP contribution in [0.1, 0.15) is 42.1 Å². The predicted octanol–water partition coefficient (Wildman–Crippen LogP) is 3.64. The van der Waals surface area contributed by atoms with Gasteiger partial charge in [-0.25, -0.2) is 8.42 Å². The van der Waals surface area contributed by atoms with Gasteiger partial charge in [-0.15, -0.1) is 0 Å². The molecule has 2 aromatic carbocycles. The van der Waals surface area contributed by atoms with E-state index in [0.717, 1.165) is 22.5 Å². The van der Waals surface area contributed by atoms with Crippen LogP contribution < -0.4 is 4.31 Å². The van der Waals surface area contributed by atoms with Crippen molar-refractivity contribution in [1.29, 1.82) is 0 Å². The van der Waals surface area contributed by atoms with Crippen molar-refractivity contribution in [3.63, 3.8) is 0 Å². The summed E-state index contributed by atoms with van der Waals surface area (Å²) in [5, 5.41) is 0. The van der Waals surface area contributed by atoms with Crippen LogP contribution in [0.5, 0.6) is 0 Å². The summed E-state index contributed by atoms with van der Waals surface area (Å²) in [6.07, 6.45) is 1.91. The highest BCUT2D eigenvalue weighted by Gasteiger charge is 2.28. The highest BCUT2D eigenvalue weighted by atomic mass is 32.2. The van der Waals surface area contributed by atoms with Gasteiger partial charge in [0.1, 0.15) is 0 Å². The molecule has 7 heteroatoms. The first-order chi connectivity index (χ1) is 13.6. The monoisotopic (exact) mass is 417 g/mol. The Morgan fingerprint density at radius 1 is 1.03 bits per heavy atom. The van der Waals surface area contributed by atoms with Crippen molar-refractivity contribution in [3.8, 4) is 0 Å². The number of sulfonamides is 1. The molecule has 156 valence electrons. The Labute approximate surface area is 172 Å². The third-order valence-electron chi connectivity index (χ3n) is 5.02. The zero-order chi connectivity index (χ0) is 21.6. The molecule has 0 heterocycles. The molecule has 0 unspecified atom stereocenters. The second-order valence-electron chi connectivity index (χ2n) is 7.08. The fourth-order valence-corrected chi connectivity index (χ4v) is 3.46. The Bertz CT molecular complexity index is 939. The number of rotatable bonds is 9. The van der Waals surface area contributed by atoms with Crippen LogP contribution in [0.15, 0.2) is 54.6 Å². The first-order valence-corrected chi connectivity index (χ1v) is 11.3. The molecule has 0 bridgehead atoms. The van der Waals surface area contributed by atoms with Gasteiger partial charge in [-0.05, 0) is 35.7 Å². The molecule has 2 atom stereocenters. The van der Waals surface area contributed by atoms with E-state index in [1.807, 2.05) is 44.2 Å². The van der Waals surface area contributed by atoms with Gasteiger partial charge in [-0.1, -0.05) is 50.6 Å². The number of benzene rings is 2. The number of Topliss-reactive ketones (excluding diaryl/α,β-unsaturated/α-hetero) is 1. The van der Waals surface area contributed by atoms with Gasteiger partial charge in [0, 0.05) is 12.6 Å². The maximum absolute atomic E-state index is 12.7. The largest absolute Gasteiger partial charge is 0.457 e. The average Bonchev–Trinajstić information content (AvgIpc) is 2.71. The quantitative estimate of drug-likeness (QED) is 0.460. The lowest BCUT2D eigenvalue weighted by molar-refractivity contribution is -0.145. The van der Waals surface area contributed by atoms with Gasteiger partial charge in [0.15, 0.2) is 12.4 Å². The van der Waals surface area contributed by atoms with E-state index in [2.05, 4.69) is 0 Å². The Balaban J connectivity index is 2.06. The molecule has 0 aliphatic carbocycles. The molecule has 29 heavy (non-hydrogen) atoms. The third kappa shape index (κ3) is 5.90. The van der Waals surface area contributed by atoms with E-state index in [0.29, 0.717) is 11.3 Å². The number of ether oxygens (including phenoxy) is 1. The van der Waals surface area contributed by atoms with Crippen molar-refractivity contribution >= 4 is 27.5 Å². The van der Waals surface area contributed by atoms with Crippen LogP contribution >= 0.6 is 0 Å². The van der Waals surface area contributed by atoms with E-state index in [4.69, 9.17) is 4.74 Å². The van der Waals surface area contributed by atoms with Gasteiger partial charge in [0.05, 0.1) is 17.9 Å². The summed E-state index contributed by atoms with van der Waals surface area (Å²) in [5.74, 6) is -1.12. The number of hydrogen-bond donors (Lipinski definition) is 0. The van der Waals surface area contributed by atoms with Crippen LogP contribution in [0.3, 0.4) is 0 Å². The predicted molar refractivity (Wildman–Crippen MR) is 114 cm³/mol. The highest BCUT2D eigenvalue weighted by Crippen LogP contribution is 2.28. The molecule has 0 amide bonds. The SMILES string of the molecule is CC[C@H](C)[C@@H](C(=O)OCC(=O)c1ccc(N(C)S(C)(=O)=O)cc1)c1ccccc1. The molecule has 0 aromatic heterocycles. The zero-order valence-corrected chi connectivity index (χ0v) is 18.0. The second kappa shape index (κ2) is 9.69. The molecule has 0 N–H and O–H groups in total. The van der Waals surface area contributed by atoms with Gasteiger partial charge in [-0.3, -0.25) is 13.9 Å². The molecule has 0 fully saturated rings. The topological polar surface area (TPSA) is 80.8 Å². The van der Waals surface area contributed by atoms with E-state index in [-0.39, 0.29) is 18.3 Å². The lowest BCUT2D eigenvalue weighted by atomic mass is 9.85. The highest BCUT2D eigenvalue weighted by molar-refractivity contribution is 7.92. The number of anilines is 1. The summed E-state index contributed by atoms with van der Waals surface area (Å²) >= 11 is 0. The molecule has 0 saturated carbocycles. The third-order valence-corrected chi connectivity index (χ3v) is 6.23. The van der Waals surface area contributed by atoms with Crippen molar-refractivity contribution in [1.82, 2.24) is 0 Å². The Hall–Kier alpha value is -2.67. The number of carbonyl (C=O) groups is 2. The Kier molecular flexibility index (Phi) is 7.56. The minimum Gasteiger partial charge on any atom is -0.457 e. The van der Waals surface area contributed by atoms with Gasteiger partial charge in [0.25, 0.3) is 0 Å². The van der Waals surface area contributed by atoms with Crippen molar-refractivity contribution < 1.29 is 22.7 Å². The number of carbonyl (C=O) groups excluding carboxylic acids is 2. The normalized spacial score (nSPS) is 13.4. The first-order valence-electron chi connectivity index (χ1n) is 9.44. The minimum absolute atomic E-state index is 0.0748. The molecule has 0 aliphatic heterocycles. The molecule has 0 aliphatic rings. The summed E-state index contributed by atoms with van der Waals surface area (Å²) in [6, 6.07) is 15.5. The number of ketones is 1. The van der Waals surface area contributed by atoms with Crippen LogP contribution in [0.2, 0.25) is 0 Å². The summed E-state index contributed by atoms with van der Waals surface area (Å²) in [4.78, 5) is 25.1. The van der Waals surface area contributed by atoms with Crippen LogP contribution in [0, 0.1) is 5.92 Å². The number of hydrogen-bond acceptors (Lipinski definition) is 5. The maximum Gasteiger partial charge on any atom is 0.314 e. The maximum atomic E-state index is 12.7. The summed E-state index contributed by atoms with van der Waals surface area (Å²) in [7, 11) is -1.94. The van der Waals surface area contributed by atoms with Crippen LogP contribution in [-0.4, -0.2) is 40.1 Å². The van der Waals surface area contributed by atoms with E-state index < -0.39 is 21.9 Å². The molecule has 2 rings (SSSR count). The number of nitrogens with zero attached hydrogens (tertiary/aromatic N) is 1. The summed E-state index contributed by atoms with van der Waals surface area (Å²) in [5.41, 5.74) is 1.66. The van der Waals surface area contributed by atoms with Gasteiger partial charge in [0.2, 0.25) is 10.0 Å². The number of esters is 1. The fraction of sp³-hybridized carbons (Fsp3) is 0.364. The van der Waals surface area contributed by atoms with Crippen molar-refractivity contribution in [2.24, 2.45) is 5.92 Å². The van der Waals surface area contributed by atoms with E-state index >= 15 is 0 Å². The molecule has 0 spiro atoms. The van der Waals surface area contributed by atoms with E-state index in [1.165, 1.54) is 19.2 Å². The molecule has 0 radical (unpaired) electrons. The van der Waals surface area contributed by atoms with E-state index in [9.17, 15) is 18.0 Å². The summed E-state index contributed by atoms with van der Waals surface area (Å²) < 4.78 is 29.6. The van der Waals surface area contributed by atoms with Crippen molar-refractivity contribution in [2.75, 3.05) is 24.2 Å². The van der Waals surface area contributed by atoms with Crippen LogP contribution in [0.25, 0.3) is 0 Å². The molecule has 6 nitrogen and oxygen atoms in total. The molecular formula is C22H27NO5S. The first kappa shape index (κ1) is 22.6. The van der Waals surface area contributed by atoms with Crippen molar-refractivity contribution in [3.05, 3.63) is 65.7 Å². The summed E-state index contributed by atoms with van der Waals surface area (Å²) in [6.45, 7) is 3.63. The smallest absolute Gasteiger partial charge is 0.314 e. The lowest BCUT2D eigenvalue weighted by Gasteiger charge is -2.21. The Morgan fingerprint density at radius 3 is 2.14 bits per heavy atom. The zero-order valence-electron chi connectivity index (χ0n) is 17.2. The standard InChI is InChI=1S/C22H27NO5S/c1-5-16(2)21(18-9-7-6-8-10-18)22(25)28-15-20(24)17-11-13-19(14-12-17)23(3)29(4,26)27/h6-14,16,21H,5,15H2,1-4H3/t16-,21+/m0/s1. The molecule has 2 aromatic rings. The van der Waals surface area contributed by atoms with Crippen LogP contribution in [0.4, 0.5) is 5.69 Å². The minimum atomic E-state index is -3.38. The van der Waals surface area contributed by atoms with Gasteiger partial charge >= 0.3 is 5.97 Å². The van der Waals surface area contributed by atoms with Gasteiger partial charge < -0.3 is 4.74 Å². The second-order valence-corrected chi connectivity index (χ2v) is 9.10. The average molecular weight is 418 g/mol. The van der Waals surface area contributed by atoms with Crippen molar-refractivity contribution in [2.45, 2.75) is 26.2 Å². The lowest BCUT2D eigenvalue weighted by Crippen LogP contribution is -2.25. The fourth-order valence-electron chi connectivity index (χ4n) is 2.95. The van der Waals surface area contributed by atoms with E-state index in [1.54, 1.807) is 12.1 Å². The van der Waals surface area contributed by atoms with Crippen LogP contribution in [-0.2, 0) is 19.6 Å². The molecule has 0 saturated heterocycles. The molecular weight excluding hydrogens is 390 g/mol. The Morgan fingerprint density at radius 2 is 1.62 bits per heavy atom.